The van der Waals surface area contributed by atoms with E-state index in [2.05, 4.69) is 16.0 Å². The fourth-order valence-electron chi connectivity index (χ4n) is 6.54. The molecule has 3 aliphatic heterocycles. The summed E-state index contributed by atoms with van der Waals surface area (Å²) in [5.41, 5.74) is 4.53. The standard InChI is InChI=1S/C36H39ClN8O5S/c1-18-19(2)51-36-30(18)31(21-6-8-22(37)9-7-21)42-26(32(39)44(36)20(3)38)17-29(47)41-15-5-4-14-40-23-10-11-24-25(16-23)35(50)45(34(24)49)27-12-13-28(46)43-33(27)48/h6-11,16,26-27,29,38-41,47H,4-5,12-15,17H2,1-3H3,(H,43,46,48)/t26-,27?,29?/m0/s1. The maximum absolute atomic E-state index is 13.1. The summed E-state index contributed by atoms with van der Waals surface area (Å²) >= 11 is 7.70. The van der Waals surface area contributed by atoms with Crippen molar-refractivity contribution >= 4 is 74.6 Å². The quantitative estimate of drug-likeness (QED) is 0.0542. The van der Waals surface area contributed by atoms with E-state index in [1.165, 1.54) is 11.3 Å². The molecule has 3 aliphatic rings. The molecular weight excluding hydrogens is 692 g/mol. The molecule has 6 rings (SSSR count). The average molecular weight is 731 g/mol. The molecule has 2 unspecified atom stereocenters. The summed E-state index contributed by atoms with van der Waals surface area (Å²) in [6.45, 7) is 6.74. The number of nitrogens with zero attached hydrogens (tertiary/aromatic N) is 3. The lowest BCUT2D eigenvalue weighted by molar-refractivity contribution is -0.136. The van der Waals surface area contributed by atoms with E-state index in [4.69, 9.17) is 27.4 Å². The molecule has 3 aromatic rings. The number of rotatable bonds is 11. The van der Waals surface area contributed by atoms with Crippen LogP contribution in [0, 0.1) is 24.7 Å². The Morgan fingerprint density at radius 3 is 2.49 bits per heavy atom. The SMILES string of the molecule is CC(=N)N1C(=N)[C@H](CC(O)NCCCCNc2ccc3c(c2)C(=O)N(C2CCC(=O)NC2=O)C3=O)N=C(c2ccc(Cl)cc2)c2c1sc(C)c2C. The second-order valence-corrected chi connectivity index (χ2v) is 14.5. The molecule has 266 valence electrons. The summed E-state index contributed by atoms with van der Waals surface area (Å²) in [7, 11) is 0. The number of imide groups is 2. The molecule has 51 heavy (non-hydrogen) atoms. The molecule has 3 atom stereocenters. The van der Waals surface area contributed by atoms with Crippen molar-refractivity contribution in [3.8, 4) is 0 Å². The zero-order valence-corrected chi connectivity index (χ0v) is 30.0. The number of thiophene rings is 1. The van der Waals surface area contributed by atoms with Gasteiger partial charge in [-0.25, -0.2) is 0 Å². The van der Waals surface area contributed by atoms with Gasteiger partial charge in [-0.2, -0.15) is 0 Å². The van der Waals surface area contributed by atoms with Gasteiger partial charge in [-0.05, 0) is 82.5 Å². The van der Waals surface area contributed by atoms with Crippen molar-refractivity contribution in [2.24, 2.45) is 4.99 Å². The number of hydrogen-bond donors (Lipinski definition) is 6. The predicted octanol–water partition coefficient (Wildman–Crippen LogP) is 4.61. The van der Waals surface area contributed by atoms with Crippen LogP contribution in [-0.2, 0) is 9.59 Å². The minimum atomic E-state index is -1.01. The number of aliphatic hydroxyl groups is 1. The highest BCUT2D eigenvalue weighted by Crippen LogP contribution is 2.40. The summed E-state index contributed by atoms with van der Waals surface area (Å²) in [6.07, 6.45) is 0.760. The van der Waals surface area contributed by atoms with E-state index in [0.717, 1.165) is 37.9 Å². The highest BCUT2D eigenvalue weighted by molar-refractivity contribution is 7.17. The molecule has 1 saturated heterocycles. The molecule has 13 nitrogen and oxygen atoms in total. The number of hydrogen-bond acceptors (Lipinski definition) is 11. The van der Waals surface area contributed by atoms with Crippen molar-refractivity contribution in [3.63, 3.8) is 0 Å². The summed E-state index contributed by atoms with van der Waals surface area (Å²) in [5, 5.41) is 38.6. The second-order valence-electron chi connectivity index (χ2n) is 12.8. The number of fused-ring (bicyclic) bond motifs is 2. The van der Waals surface area contributed by atoms with Crippen LogP contribution >= 0.6 is 22.9 Å². The molecule has 0 aliphatic carbocycles. The van der Waals surface area contributed by atoms with Crippen LogP contribution in [0.4, 0.5) is 10.7 Å². The molecule has 0 bridgehead atoms. The van der Waals surface area contributed by atoms with E-state index in [9.17, 15) is 24.3 Å². The summed E-state index contributed by atoms with van der Waals surface area (Å²) in [4.78, 5) is 58.6. The van der Waals surface area contributed by atoms with Crippen molar-refractivity contribution < 1.29 is 24.3 Å². The fraction of sp³-hybridized carbons (Fsp3) is 0.361. The van der Waals surface area contributed by atoms with E-state index in [1.54, 1.807) is 42.2 Å². The number of amides is 4. The number of amidine groups is 2. The number of benzene rings is 2. The first-order chi connectivity index (χ1) is 24.3. The van der Waals surface area contributed by atoms with Gasteiger partial charge in [0.1, 0.15) is 35.0 Å². The van der Waals surface area contributed by atoms with E-state index < -0.39 is 41.9 Å². The number of nitrogens with one attached hydrogen (secondary N) is 5. The first kappa shape index (κ1) is 36.0. The highest BCUT2D eigenvalue weighted by atomic mass is 35.5. The molecule has 1 aromatic heterocycles. The monoisotopic (exact) mass is 730 g/mol. The number of unbranched alkanes of at least 4 members (excludes halogenated alkanes) is 1. The number of halogens is 1. The third-order valence-electron chi connectivity index (χ3n) is 9.30. The Morgan fingerprint density at radius 1 is 1.08 bits per heavy atom. The van der Waals surface area contributed by atoms with E-state index in [0.29, 0.717) is 35.9 Å². The van der Waals surface area contributed by atoms with Gasteiger partial charge in [0.2, 0.25) is 11.8 Å². The van der Waals surface area contributed by atoms with Crippen LogP contribution in [0.25, 0.3) is 0 Å². The average Bonchev–Trinajstić information content (AvgIpc) is 3.46. The molecule has 2 aromatic carbocycles. The molecule has 1 fully saturated rings. The molecule has 15 heteroatoms. The highest BCUT2D eigenvalue weighted by Gasteiger charge is 2.44. The lowest BCUT2D eigenvalue weighted by Crippen LogP contribution is -2.54. The minimum Gasteiger partial charge on any atom is -0.385 e. The number of aryl methyl sites for hydroxylation is 1. The smallest absolute Gasteiger partial charge is 0.262 e. The Hall–Kier alpha value is -4.76. The van der Waals surface area contributed by atoms with E-state index in [-0.39, 0.29) is 42.1 Å². The van der Waals surface area contributed by atoms with Crippen LogP contribution < -0.4 is 20.9 Å². The second kappa shape index (κ2) is 14.8. The number of aliphatic hydroxyl groups excluding tert-OH is 1. The molecule has 6 N–H and O–H groups in total. The first-order valence-electron chi connectivity index (χ1n) is 16.7. The summed E-state index contributed by atoms with van der Waals surface area (Å²) in [5.74, 6) is -1.86. The van der Waals surface area contributed by atoms with Crippen molar-refractivity contribution in [1.82, 2.24) is 15.5 Å². The molecule has 0 spiro atoms. The van der Waals surface area contributed by atoms with Gasteiger partial charge in [0, 0.05) is 46.1 Å². The number of carbonyl (C=O) groups is 4. The number of anilines is 2. The fourth-order valence-corrected chi connectivity index (χ4v) is 7.89. The number of piperidine rings is 1. The zero-order chi connectivity index (χ0) is 36.6. The van der Waals surface area contributed by atoms with Gasteiger partial charge in [0.15, 0.2) is 0 Å². The van der Waals surface area contributed by atoms with Crippen LogP contribution in [0.1, 0.15) is 81.3 Å². The van der Waals surface area contributed by atoms with Gasteiger partial charge in [-0.3, -0.25) is 55.4 Å². The maximum atomic E-state index is 13.1. The zero-order valence-electron chi connectivity index (χ0n) is 28.4. The lowest BCUT2D eigenvalue weighted by Gasteiger charge is -2.27. The summed E-state index contributed by atoms with van der Waals surface area (Å²) < 4.78 is 0. The van der Waals surface area contributed by atoms with Crippen molar-refractivity contribution in [3.05, 3.63) is 80.2 Å². The molecular formula is C36H39ClN8O5S. The van der Waals surface area contributed by atoms with Gasteiger partial charge >= 0.3 is 0 Å². The predicted molar refractivity (Wildman–Crippen MR) is 198 cm³/mol. The molecule has 4 amide bonds. The third kappa shape index (κ3) is 7.22. The van der Waals surface area contributed by atoms with Gasteiger partial charge in [-0.1, -0.05) is 23.7 Å². The number of carbonyl (C=O) groups excluding carboxylic acids is 4. The van der Waals surface area contributed by atoms with E-state index >= 15 is 0 Å². The van der Waals surface area contributed by atoms with Crippen LogP contribution in [-0.4, -0.2) is 82.4 Å². The lowest BCUT2D eigenvalue weighted by atomic mass is 9.99. The van der Waals surface area contributed by atoms with Gasteiger partial charge in [0.25, 0.3) is 11.8 Å². The molecule has 0 radical (unpaired) electrons. The Labute approximate surface area is 304 Å². The van der Waals surface area contributed by atoms with Crippen molar-refractivity contribution in [2.45, 2.75) is 71.2 Å². The van der Waals surface area contributed by atoms with Gasteiger partial charge < -0.3 is 10.4 Å². The van der Waals surface area contributed by atoms with Crippen LogP contribution in [0.5, 0.6) is 0 Å². The minimum absolute atomic E-state index is 0.0602. The topological polar surface area (TPSA) is 191 Å². The van der Waals surface area contributed by atoms with Gasteiger partial charge in [0.05, 0.1) is 16.8 Å². The van der Waals surface area contributed by atoms with Crippen LogP contribution in [0.2, 0.25) is 5.02 Å². The Bertz CT molecular complexity index is 1980. The largest absolute Gasteiger partial charge is 0.385 e. The Balaban J connectivity index is 1.04. The third-order valence-corrected chi connectivity index (χ3v) is 10.7. The van der Waals surface area contributed by atoms with Crippen LogP contribution in [0.3, 0.4) is 0 Å². The molecule has 0 saturated carbocycles. The molecule has 4 heterocycles. The van der Waals surface area contributed by atoms with Crippen molar-refractivity contribution in [2.75, 3.05) is 23.3 Å². The first-order valence-corrected chi connectivity index (χ1v) is 17.9. The Kier molecular flexibility index (Phi) is 10.5. The van der Waals surface area contributed by atoms with Crippen LogP contribution in [0.15, 0.2) is 47.5 Å². The van der Waals surface area contributed by atoms with Gasteiger partial charge in [-0.15, -0.1) is 11.3 Å². The summed E-state index contributed by atoms with van der Waals surface area (Å²) in [6, 6.07) is 10.5. The normalized spacial score (nSPS) is 19.4. The number of aliphatic imine (C=N–C) groups is 1. The van der Waals surface area contributed by atoms with E-state index in [1.807, 2.05) is 26.0 Å². The Morgan fingerprint density at radius 2 is 1.78 bits per heavy atom. The van der Waals surface area contributed by atoms with Crippen molar-refractivity contribution in [1.29, 1.82) is 10.8 Å². The maximum Gasteiger partial charge on any atom is 0.262 e.